The number of likely N-dealkylation sites (tertiary alicyclic amines) is 1. The molecule has 0 unspecified atom stereocenters. The Labute approximate surface area is 167 Å². The molecule has 0 aromatic carbocycles. The Hall–Kier alpha value is -3.43. The summed E-state index contributed by atoms with van der Waals surface area (Å²) in [6, 6.07) is 2.76. The van der Waals surface area contributed by atoms with Gasteiger partial charge in [0, 0.05) is 31.0 Å². The lowest BCUT2D eigenvalue weighted by molar-refractivity contribution is -0.127. The van der Waals surface area contributed by atoms with Gasteiger partial charge in [0.2, 0.25) is 0 Å². The summed E-state index contributed by atoms with van der Waals surface area (Å²) in [5.74, 6) is 0.00184. The molecule has 0 saturated carbocycles. The number of pyridine rings is 1. The summed E-state index contributed by atoms with van der Waals surface area (Å²) in [5.41, 5.74) is 0.662. The van der Waals surface area contributed by atoms with Gasteiger partial charge in [-0.1, -0.05) is 11.2 Å². The minimum absolute atomic E-state index is 0.165. The molecule has 2 aromatic heterocycles. The number of aromatic nitrogens is 2. The molecule has 4 rings (SSSR count). The van der Waals surface area contributed by atoms with E-state index >= 15 is 0 Å². The smallest absolute Gasteiger partial charge is 0.322 e. The minimum atomic E-state index is -1.17. The molecule has 10 heteroatoms. The first-order valence-corrected chi connectivity index (χ1v) is 9.44. The molecular weight excluding hydrogens is 376 g/mol. The number of anilines is 1. The van der Waals surface area contributed by atoms with Crippen LogP contribution in [0.4, 0.5) is 15.3 Å². The number of aryl methyl sites for hydroxylation is 2. The summed E-state index contributed by atoms with van der Waals surface area (Å²) in [5, 5.41) is 11.9. The second-order valence-electron chi connectivity index (χ2n) is 7.35. The Morgan fingerprint density at radius 3 is 2.62 bits per heavy atom. The van der Waals surface area contributed by atoms with E-state index < -0.39 is 11.6 Å². The maximum absolute atomic E-state index is 12.8. The predicted octanol–water partition coefficient (Wildman–Crippen LogP) is 1.67. The summed E-state index contributed by atoms with van der Waals surface area (Å²) in [6.07, 6.45) is 4.32. The monoisotopic (exact) mass is 398 g/mol. The first kappa shape index (κ1) is 18.9. The maximum Gasteiger partial charge on any atom is 0.322 e. The number of imide groups is 1. The largest absolute Gasteiger partial charge is 0.359 e. The number of rotatable bonds is 3. The van der Waals surface area contributed by atoms with Crippen molar-refractivity contribution in [1.29, 1.82) is 0 Å². The van der Waals surface area contributed by atoms with Crippen LogP contribution in [0.2, 0.25) is 0 Å². The Balaban J connectivity index is 1.50. The van der Waals surface area contributed by atoms with Crippen LogP contribution in [0.3, 0.4) is 0 Å². The van der Waals surface area contributed by atoms with Crippen molar-refractivity contribution < 1.29 is 18.9 Å². The van der Waals surface area contributed by atoms with Crippen LogP contribution in [0.15, 0.2) is 29.0 Å². The first-order valence-electron chi connectivity index (χ1n) is 9.44. The van der Waals surface area contributed by atoms with Crippen molar-refractivity contribution in [3.63, 3.8) is 0 Å². The van der Waals surface area contributed by atoms with Gasteiger partial charge in [-0.2, -0.15) is 0 Å². The summed E-state index contributed by atoms with van der Waals surface area (Å²) in [4.78, 5) is 43.2. The normalized spacial score (nSPS) is 22.3. The fourth-order valence-corrected chi connectivity index (χ4v) is 4.15. The third kappa shape index (κ3) is 3.20. The van der Waals surface area contributed by atoms with Gasteiger partial charge in [0.05, 0.1) is 0 Å². The van der Waals surface area contributed by atoms with E-state index in [0.29, 0.717) is 48.6 Å². The van der Waals surface area contributed by atoms with Crippen molar-refractivity contribution in [1.82, 2.24) is 25.7 Å². The van der Waals surface area contributed by atoms with E-state index in [4.69, 9.17) is 4.52 Å². The number of hydrogen-bond donors (Lipinski definition) is 3. The lowest BCUT2D eigenvalue weighted by atomic mass is 9.73. The van der Waals surface area contributed by atoms with E-state index in [1.54, 1.807) is 43.3 Å². The molecule has 0 radical (unpaired) electrons. The van der Waals surface area contributed by atoms with Gasteiger partial charge in [0.25, 0.3) is 5.91 Å². The van der Waals surface area contributed by atoms with E-state index in [1.807, 2.05) is 0 Å². The van der Waals surface area contributed by atoms with Gasteiger partial charge in [-0.05, 0) is 38.7 Å². The molecule has 2 aromatic rings. The van der Waals surface area contributed by atoms with Gasteiger partial charge in [-0.3, -0.25) is 15.1 Å². The third-order valence-electron chi connectivity index (χ3n) is 5.67. The molecule has 0 aliphatic carbocycles. The molecule has 0 spiro atoms. The van der Waals surface area contributed by atoms with Crippen LogP contribution in [0, 0.1) is 19.8 Å². The molecule has 2 aliphatic heterocycles. The van der Waals surface area contributed by atoms with Gasteiger partial charge < -0.3 is 20.1 Å². The molecule has 5 amide bonds. The zero-order chi connectivity index (χ0) is 20.6. The lowest BCUT2D eigenvalue weighted by Gasteiger charge is -2.40. The highest BCUT2D eigenvalue weighted by atomic mass is 16.5. The molecule has 2 saturated heterocycles. The van der Waals surface area contributed by atoms with E-state index in [2.05, 4.69) is 26.1 Å². The number of carbonyl (C=O) groups excluding carboxylic acids is 3. The average Bonchev–Trinajstić information content (AvgIpc) is 3.21. The lowest BCUT2D eigenvalue weighted by Crippen LogP contribution is -2.54. The standard InChI is InChI=1S/C19H22N6O4/c1-11-15(12(2)29-24-11)21-18(28)25-8-5-13(6-9-25)19(14-4-3-7-20-10-14)16(26)22-17(27)23-19/h3-4,7,10,13H,5-6,8-9H2,1-2H3,(H,21,28)(H2,22,23,26,27)/t19-/m0/s1. The number of nitrogens with zero attached hydrogens (tertiary/aromatic N) is 3. The van der Waals surface area contributed by atoms with E-state index in [0.717, 1.165) is 0 Å². The van der Waals surface area contributed by atoms with Crippen molar-refractivity contribution in [2.75, 3.05) is 18.4 Å². The highest BCUT2D eigenvalue weighted by Crippen LogP contribution is 2.38. The van der Waals surface area contributed by atoms with Crippen molar-refractivity contribution in [3.8, 4) is 0 Å². The first-order chi connectivity index (χ1) is 13.9. The van der Waals surface area contributed by atoms with E-state index in [9.17, 15) is 14.4 Å². The van der Waals surface area contributed by atoms with Crippen LogP contribution >= 0.6 is 0 Å². The molecule has 10 nitrogen and oxygen atoms in total. The molecule has 29 heavy (non-hydrogen) atoms. The number of carbonyl (C=O) groups is 3. The van der Waals surface area contributed by atoms with Crippen LogP contribution in [0.1, 0.15) is 29.9 Å². The average molecular weight is 398 g/mol. The molecule has 1 atom stereocenters. The van der Waals surface area contributed by atoms with Crippen LogP contribution in [0.25, 0.3) is 0 Å². The molecule has 0 bridgehead atoms. The topological polar surface area (TPSA) is 129 Å². The quantitative estimate of drug-likeness (QED) is 0.675. The summed E-state index contributed by atoms with van der Waals surface area (Å²) in [7, 11) is 0. The summed E-state index contributed by atoms with van der Waals surface area (Å²) in [6.45, 7) is 4.40. The highest BCUT2D eigenvalue weighted by molar-refractivity contribution is 6.07. The van der Waals surface area contributed by atoms with Crippen molar-refractivity contribution in [2.45, 2.75) is 32.2 Å². The van der Waals surface area contributed by atoms with Gasteiger partial charge >= 0.3 is 12.1 Å². The van der Waals surface area contributed by atoms with Crippen molar-refractivity contribution in [2.24, 2.45) is 5.92 Å². The number of amides is 5. The molecule has 4 heterocycles. The Kier molecular flexibility index (Phi) is 4.69. The number of hydrogen-bond acceptors (Lipinski definition) is 6. The Morgan fingerprint density at radius 2 is 2.07 bits per heavy atom. The number of nitrogens with one attached hydrogen (secondary N) is 3. The molecule has 152 valence electrons. The van der Waals surface area contributed by atoms with Crippen molar-refractivity contribution >= 4 is 23.7 Å². The molecular formula is C19H22N6O4. The number of urea groups is 2. The van der Waals surface area contributed by atoms with E-state index in [-0.39, 0.29) is 17.9 Å². The third-order valence-corrected chi connectivity index (χ3v) is 5.67. The van der Waals surface area contributed by atoms with Crippen LogP contribution in [-0.4, -0.2) is 46.1 Å². The van der Waals surface area contributed by atoms with Gasteiger partial charge in [0.15, 0.2) is 11.3 Å². The second-order valence-corrected chi connectivity index (χ2v) is 7.35. The maximum atomic E-state index is 12.8. The highest BCUT2D eigenvalue weighted by Gasteiger charge is 2.53. The molecule has 3 N–H and O–H groups in total. The zero-order valence-electron chi connectivity index (χ0n) is 16.2. The fraction of sp³-hybridized carbons (Fsp3) is 0.421. The SMILES string of the molecule is Cc1noc(C)c1NC(=O)N1CCC([C@@]2(c3cccnc3)NC(=O)NC2=O)CC1. The summed E-state index contributed by atoms with van der Waals surface area (Å²) < 4.78 is 5.08. The Bertz CT molecular complexity index is 931. The van der Waals surface area contributed by atoms with Gasteiger partial charge in [-0.25, -0.2) is 9.59 Å². The van der Waals surface area contributed by atoms with Crippen molar-refractivity contribution in [3.05, 3.63) is 41.5 Å². The van der Waals surface area contributed by atoms with Crippen LogP contribution in [0.5, 0.6) is 0 Å². The minimum Gasteiger partial charge on any atom is -0.359 e. The van der Waals surface area contributed by atoms with Crippen LogP contribution < -0.4 is 16.0 Å². The van der Waals surface area contributed by atoms with Crippen LogP contribution in [-0.2, 0) is 10.3 Å². The molecule has 2 aliphatic rings. The molecule has 2 fully saturated rings. The van der Waals surface area contributed by atoms with Gasteiger partial charge in [0.1, 0.15) is 11.4 Å². The predicted molar refractivity (Wildman–Crippen MR) is 102 cm³/mol. The van der Waals surface area contributed by atoms with Gasteiger partial charge in [-0.15, -0.1) is 0 Å². The van der Waals surface area contributed by atoms with E-state index in [1.165, 1.54) is 0 Å². The zero-order valence-corrected chi connectivity index (χ0v) is 16.2. The fourth-order valence-electron chi connectivity index (χ4n) is 4.15. The second kappa shape index (κ2) is 7.19. The Morgan fingerprint density at radius 1 is 1.31 bits per heavy atom. The number of piperidine rings is 1. The summed E-state index contributed by atoms with van der Waals surface area (Å²) >= 11 is 0.